The van der Waals surface area contributed by atoms with Gasteiger partial charge in [-0.25, -0.2) is 9.37 Å². The highest BCUT2D eigenvalue weighted by molar-refractivity contribution is 5.76. The SMILES string of the molecule is CC1(C)Oc2ccc(OCc3ccccc3)cc2[C@@H]2O[C@H](CC(=O)N(CCCn3ccnc3)Cc3ccccc3F)CC[C@H]21. The van der Waals surface area contributed by atoms with Gasteiger partial charge in [0.2, 0.25) is 5.91 Å². The molecule has 2 aliphatic heterocycles. The Morgan fingerprint density at radius 2 is 1.91 bits per heavy atom. The first-order chi connectivity index (χ1) is 21.4. The molecule has 0 spiro atoms. The Labute approximate surface area is 258 Å². The Morgan fingerprint density at radius 1 is 1.09 bits per heavy atom. The molecule has 3 atom stereocenters. The minimum atomic E-state index is -0.413. The van der Waals surface area contributed by atoms with Gasteiger partial charge < -0.3 is 23.7 Å². The second-order valence-corrected chi connectivity index (χ2v) is 12.3. The number of hydrogen-bond acceptors (Lipinski definition) is 5. The lowest BCUT2D eigenvalue weighted by Gasteiger charge is -2.48. The highest BCUT2D eigenvalue weighted by atomic mass is 19.1. The number of rotatable bonds is 11. The maximum absolute atomic E-state index is 14.6. The van der Waals surface area contributed by atoms with Crippen molar-refractivity contribution in [3.63, 3.8) is 0 Å². The van der Waals surface area contributed by atoms with Gasteiger partial charge in [0.05, 0.1) is 25.0 Å². The number of amides is 1. The molecule has 0 radical (unpaired) electrons. The number of aryl methyl sites for hydroxylation is 1. The van der Waals surface area contributed by atoms with E-state index in [0.717, 1.165) is 48.4 Å². The minimum Gasteiger partial charge on any atom is -0.489 e. The van der Waals surface area contributed by atoms with Crippen molar-refractivity contribution in [3.05, 3.63) is 114 Å². The van der Waals surface area contributed by atoms with Crippen LogP contribution in [0.15, 0.2) is 91.5 Å². The fourth-order valence-corrected chi connectivity index (χ4v) is 6.38. The lowest BCUT2D eigenvalue weighted by Crippen LogP contribution is -2.49. The van der Waals surface area contributed by atoms with Crippen LogP contribution >= 0.6 is 0 Å². The summed E-state index contributed by atoms with van der Waals surface area (Å²) < 4.78 is 35.9. The number of hydrogen-bond donors (Lipinski definition) is 0. The monoisotopic (exact) mass is 597 g/mol. The van der Waals surface area contributed by atoms with Crippen molar-refractivity contribution in [1.82, 2.24) is 14.5 Å². The fourth-order valence-electron chi connectivity index (χ4n) is 6.38. The van der Waals surface area contributed by atoms with Gasteiger partial charge in [-0.2, -0.15) is 0 Å². The second-order valence-electron chi connectivity index (χ2n) is 12.3. The summed E-state index contributed by atoms with van der Waals surface area (Å²) in [4.78, 5) is 19.7. The van der Waals surface area contributed by atoms with Crippen LogP contribution in [0.5, 0.6) is 11.5 Å². The van der Waals surface area contributed by atoms with Gasteiger partial charge >= 0.3 is 0 Å². The Bertz CT molecular complexity index is 1540. The van der Waals surface area contributed by atoms with Crippen LogP contribution in [-0.2, 0) is 29.2 Å². The standard InChI is InChI=1S/C36H40FN3O4/c1-36(2)31-15-13-29(43-35(31)30-21-28(14-16-33(30)44-36)42-24-26-9-4-3-5-10-26)22-34(41)40(19-8-18-39-20-17-38-25-39)23-27-11-6-7-12-32(27)37/h3-7,9-12,14,16-17,20-21,25,29,31,35H,8,13,15,18-19,22-24H2,1-2H3/t29-,31+,35-/m0/s1. The third-order valence-electron chi connectivity index (χ3n) is 8.78. The minimum absolute atomic E-state index is 0.0335. The summed E-state index contributed by atoms with van der Waals surface area (Å²) in [6, 6.07) is 22.6. The first-order valence-corrected chi connectivity index (χ1v) is 15.5. The lowest BCUT2D eigenvalue weighted by molar-refractivity contribution is -0.160. The molecule has 2 aliphatic rings. The molecule has 7 nitrogen and oxygen atoms in total. The number of aromatic nitrogens is 2. The van der Waals surface area contributed by atoms with E-state index in [1.807, 2.05) is 59.3 Å². The number of benzene rings is 3. The number of carbonyl (C=O) groups excluding carboxylic acids is 1. The molecule has 6 rings (SSSR count). The molecule has 3 aromatic carbocycles. The zero-order chi connectivity index (χ0) is 30.5. The van der Waals surface area contributed by atoms with E-state index in [2.05, 4.69) is 18.8 Å². The maximum atomic E-state index is 14.6. The summed E-state index contributed by atoms with van der Waals surface area (Å²) in [7, 11) is 0. The van der Waals surface area contributed by atoms with Crippen LogP contribution in [0, 0.1) is 11.7 Å². The van der Waals surface area contributed by atoms with Crippen molar-refractivity contribution in [2.75, 3.05) is 6.54 Å². The number of carbonyl (C=O) groups is 1. The number of halogens is 1. The molecule has 1 aromatic heterocycles. The van der Waals surface area contributed by atoms with Gasteiger partial charge in [0.25, 0.3) is 0 Å². The number of nitrogens with zero attached hydrogens (tertiary/aromatic N) is 3. The molecule has 0 aliphatic carbocycles. The molecule has 1 fully saturated rings. The van der Waals surface area contributed by atoms with Crippen molar-refractivity contribution < 1.29 is 23.4 Å². The van der Waals surface area contributed by atoms with Crippen molar-refractivity contribution in [1.29, 1.82) is 0 Å². The van der Waals surface area contributed by atoms with Gasteiger partial charge in [0.15, 0.2) is 0 Å². The molecule has 3 heterocycles. The van der Waals surface area contributed by atoms with Crippen LogP contribution in [0.3, 0.4) is 0 Å². The predicted octanol–water partition coefficient (Wildman–Crippen LogP) is 7.12. The summed E-state index contributed by atoms with van der Waals surface area (Å²) in [5, 5.41) is 0. The molecule has 1 amide bonds. The van der Waals surface area contributed by atoms with Crippen LogP contribution in [0.2, 0.25) is 0 Å². The van der Waals surface area contributed by atoms with E-state index in [1.165, 1.54) is 6.07 Å². The van der Waals surface area contributed by atoms with Gasteiger partial charge in [0.1, 0.15) is 29.5 Å². The van der Waals surface area contributed by atoms with Gasteiger partial charge in [-0.05, 0) is 62.9 Å². The normalized spacial score (nSPS) is 20.2. The van der Waals surface area contributed by atoms with E-state index in [0.29, 0.717) is 18.7 Å². The molecular formula is C36H40FN3O4. The number of imidazole rings is 1. The Morgan fingerprint density at radius 3 is 2.70 bits per heavy atom. The first kappa shape index (κ1) is 29.9. The molecule has 4 aromatic rings. The second kappa shape index (κ2) is 13.2. The predicted molar refractivity (Wildman–Crippen MR) is 166 cm³/mol. The average molecular weight is 598 g/mol. The van der Waals surface area contributed by atoms with Gasteiger partial charge in [-0.1, -0.05) is 48.5 Å². The molecule has 230 valence electrons. The van der Waals surface area contributed by atoms with E-state index >= 15 is 0 Å². The molecule has 0 N–H and O–H groups in total. The molecule has 0 saturated carbocycles. The molecule has 44 heavy (non-hydrogen) atoms. The lowest BCUT2D eigenvalue weighted by atomic mass is 9.75. The highest BCUT2D eigenvalue weighted by Gasteiger charge is 2.48. The van der Waals surface area contributed by atoms with Crippen molar-refractivity contribution in [3.8, 4) is 11.5 Å². The zero-order valence-electron chi connectivity index (χ0n) is 25.4. The van der Waals surface area contributed by atoms with Crippen LogP contribution in [-0.4, -0.2) is 38.6 Å². The molecule has 0 bridgehead atoms. The number of ether oxygens (including phenoxy) is 3. The van der Waals surface area contributed by atoms with Crippen LogP contribution in [0.4, 0.5) is 4.39 Å². The summed E-state index contributed by atoms with van der Waals surface area (Å²) >= 11 is 0. The molecule has 0 unspecified atom stereocenters. The Kier molecular flexibility index (Phi) is 8.98. The summed E-state index contributed by atoms with van der Waals surface area (Å²) in [6.45, 7) is 6.15. The average Bonchev–Trinajstić information content (AvgIpc) is 3.54. The zero-order valence-corrected chi connectivity index (χ0v) is 25.4. The van der Waals surface area contributed by atoms with Gasteiger partial charge in [-0.3, -0.25) is 4.79 Å². The van der Waals surface area contributed by atoms with E-state index < -0.39 is 5.60 Å². The first-order valence-electron chi connectivity index (χ1n) is 15.5. The molecular weight excluding hydrogens is 557 g/mol. The summed E-state index contributed by atoms with van der Waals surface area (Å²) in [5.41, 5.74) is 2.15. The quantitative estimate of drug-likeness (QED) is 0.184. The van der Waals surface area contributed by atoms with Gasteiger partial charge in [0, 0.05) is 49.1 Å². The smallest absolute Gasteiger partial charge is 0.225 e. The number of fused-ring (bicyclic) bond motifs is 3. The third kappa shape index (κ3) is 6.97. The van der Waals surface area contributed by atoms with Crippen LogP contribution < -0.4 is 9.47 Å². The highest BCUT2D eigenvalue weighted by Crippen LogP contribution is 2.51. The fraction of sp³-hybridized carbons (Fsp3) is 0.389. The topological polar surface area (TPSA) is 65.8 Å². The van der Waals surface area contributed by atoms with E-state index in [1.54, 1.807) is 35.6 Å². The molecule has 1 saturated heterocycles. The van der Waals surface area contributed by atoms with Gasteiger partial charge in [-0.15, -0.1) is 0 Å². The van der Waals surface area contributed by atoms with E-state index in [9.17, 15) is 9.18 Å². The van der Waals surface area contributed by atoms with Crippen molar-refractivity contribution in [2.45, 2.75) is 77.0 Å². The van der Waals surface area contributed by atoms with Crippen LogP contribution in [0.25, 0.3) is 0 Å². The maximum Gasteiger partial charge on any atom is 0.225 e. The Hall–Kier alpha value is -4.17. The molecule has 8 heteroatoms. The largest absolute Gasteiger partial charge is 0.489 e. The summed E-state index contributed by atoms with van der Waals surface area (Å²) in [5.74, 6) is 1.34. The van der Waals surface area contributed by atoms with Crippen molar-refractivity contribution >= 4 is 5.91 Å². The van der Waals surface area contributed by atoms with E-state index in [4.69, 9.17) is 14.2 Å². The van der Waals surface area contributed by atoms with Crippen LogP contribution in [0.1, 0.15) is 62.3 Å². The third-order valence-corrected chi connectivity index (χ3v) is 8.78. The summed E-state index contributed by atoms with van der Waals surface area (Å²) in [6.07, 6.45) is 7.53. The van der Waals surface area contributed by atoms with Crippen molar-refractivity contribution in [2.24, 2.45) is 5.92 Å². The van der Waals surface area contributed by atoms with E-state index in [-0.39, 0.29) is 42.8 Å². The Balaban J connectivity index is 1.16.